The molecule has 1 nitrogen and oxygen atoms in total. The molecule has 0 amide bonds. The molecule has 0 aromatic rings. The average Bonchev–Trinajstić information content (AvgIpc) is 2.10. The second kappa shape index (κ2) is 4.86. The molecule has 1 heteroatoms. The largest absolute Gasteiger partial charge is 0.393 e. The van der Waals surface area contributed by atoms with E-state index in [-0.39, 0.29) is 6.10 Å². The molecule has 1 saturated carbocycles. The third-order valence-electron chi connectivity index (χ3n) is 4.62. The Kier molecular flexibility index (Phi) is 4.22. The van der Waals surface area contributed by atoms with Gasteiger partial charge in [-0.05, 0) is 42.9 Å². The van der Waals surface area contributed by atoms with Crippen molar-refractivity contribution in [3.05, 3.63) is 0 Å². The van der Waals surface area contributed by atoms with E-state index in [0.29, 0.717) is 11.3 Å². The fourth-order valence-electron chi connectivity index (χ4n) is 3.19. The summed E-state index contributed by atoms with van der Waals surface area (Å²) in [7, 11) is 0. The van der Waals surface area contributed by atoms with Crippen molar-refractivity contribution < 1.29 is 5.11 Å². The minimum atomic E-state index is -0.157. The highest BCUT2D eigenvalue weighted by Gasteiger charge is 2.37. The van der Waals surface area contributed by atoms with E-state index in [9.17, 15) is 5.11 Å². The van der Waals surface area contributed by atoms with Crippen LogP contribution in [0.15, 0.2) is 0 Å². The number of hydrogen-bond acceptors (Lipinski definition) is 1. The SMILES string of the molecule is C[C@H](C[C@H]1[C@@H](C)CCCC1(C)C)[C@@H](C)O. The first-order chi connectivity index (χ1) is 6.84. The molecule has 0 aliphatic heterocycles. The van der Waals surface area contributed by atoms with Crippen LogP contribution in [0.4, 0.5) is 0 Å². The van der Waals surface area contributed by atoms with Gasteiger partial charge in [-0.2, -0.15) is 0 Å². The monoisotopic (exact) mass is 212 g/mol. The summed E-state index contributed by atoms with van der Waals surface area (Å²) in [4.78, 5) is 0. The lowest BCUT2D eigenvalue weighted by atomic mass is 9.61. The van der Waals surface area contributed by atoms with Gasteiger partial charge in [-0.25, -0.2) is 0 Å². The lowest BCUT2D eigenvalue weighted by Gasteiger charge is -2.44. The second-order valence-electron chi connectivity index (χ2n) is 6.42. The molecule has 0 aromatic heterocycles. The topological polar surface area (TPSA) is 20.2 Å². The van der Waals surface area contributed by atoms with Crippen molar-refractivity contribution in [1.82, 2.24) is 0 Å². The zero-order valence-corrected chi connectivity index (χ0v) is 11.1. The Hall–Kier alpha value is -0.0400. The van der Waals surface area contributed by atoms with Crippen molar-refractivity contribution in [1.29, 1.82) is 0 Å². The summed E-state index contributed by atoms with van der Waals surface area (Å²) in [6.45, 7) is 11.3. The third kappa shape index (κ3) is 3.21. The van der Waals surface area contributed by atoms with Gasteiger partial charge < -0.3 is 5.11 Å². The summed E-state index contributed by atoms with van der Waals surface area (Å²) in [6, 6.07) is 0. The summed E-state index contributed by atoms with van der Waals surface area (Å²) in [6.07, 6.45) is 5.14. The van der Waals surface area contributed by atoms with Crippen LogP contribution in [0.3, 0.4) is 0 Å². The van der Waals surface area contributed by atoms with E-state index >= 15 is 0 Å². The minimum Gasteiger partial charge on any atom is -0.393 e. The van der Waals surface area contributed by atoms with E-state index in [1.54, 1.807) is 0 Å². The summed E-state index contributed by atoms with van der Waals surface area (Å²) < 4.78 is 0. The Balaban J connectivity index is 2.63. The predicted molar refractivity (Wildman–Crippen MR) is 65.7 cm³/mol. The first-order valence-corrected chi connectivity index (χ1v) is 6.52. The molecule has 1 aliphatic rings. The van der Waals surface area contributed by atoms with E-state index in [2.05, 4.69) is 27.7 Å². The molecule has 0 heterocycles. The first-order valence-electron chi connectivity index (χ1n) is 6.52. The second-order valence-corrected chi connectivity index (χ2v) is 6.42. The maximum atomic E-state index is 9.61. The Morgan fingerprint density at radius 1 is 1.33 bits per heavy atom. The number of hydrogen-bond donors (Lipinski definition) is 1. The smallest absolute Gasteiger partial charge is 0.0537 e. The van der Waals surface area contributed by atoms with Gasteiger partial charge in [0, 0.05) is 0 Å². The van der Waals surface area contributed by atoms with Crippen LogP contribution >= 0.6 is 0 Å². The minimum absolute atomic E-state index is 0.157. The van der Waals surface area contributed by atoms with Crippen molar-refractivity contribution in [3.63, 3.8) is 0 Å². The van der Waals surface area contributed by atoms with E-state index in [1.165, 1.54) is 25.7 Å². The van der Waals surface area contributed by atoms with Crippen LogP contribution in [0, 0.1) is 23.2 Å². The van der Waals surface area contributed by atoms with Gasteiger partial charge in [0.15, 0.2) is 0 Å². The molecule has 1 N–H and O–H groups in total. The molecule has 0 saturated heterocycles. The summed E-state index contributed by atoms with van der Waals surface area (Å²) in [5.74, 6) is 2.06. The normalized spacial score (nSPS) is 34.8. The van der Waals surface area contributed by atoms with Crippen molar-refractivity contribution in [2.45, 2.75) is 66.4 Å². The molecular formula is C14H28O. The zero-order chi connectivity index (χ0) is 11.6. The van der Waals surface area contributed by atoms with E-state index < -0.39 is 0 Å². The fraction of sp³-hybridized carbons (Fsp3) is 1.00. The van der Waals surface area contributed by atoms with Gasteiger partial charge in [-0.1, -0.05) is 40.5 Å². The van der Waals surface area contributed by atoms with Gasteiger partial charge in [-0.3, -0.25) is 0 Å². The standard InChI is InChI=1S/C14H28O/c1-10-7-6-8-14(4,5)13(10)9-11(2)12(3)15/h10-13,15H,6-9H2,1-5H3/t10-,11+,12+,13-/m0/s1. The maximum Gasteiger partial charge on any atom is 0.0537 e. The summed E-state index contributed by atoms with van der Waals surface area (Å²) in [5, 5.41) is 9.61. The molecule has 0 aromatic carbocycles. The average molecular weight is 212 g/mol. The van der Waals surface area contributed by atoms with Crippen LogP contribution in [0.25, 0.3) is 0 Å². The van der Waals surface area contributed by atoms with Gasteiger partial charge in [-0.15, -0.1) is 0 Å². The van der Waals surface area contributed by atoms with E-state index in [4.69, 9.17) is 0 Å². The Bertz CT molecular complexity index is 196. The molecule has 0 unspecified atom stereocenters. The van der Waals surface area contributed by atoms with Gasteiger partial charge in [0.2, 0.25) is 0 Å². The lowest BCUT2D eigenvalue weighted by Crippen LogP contribution is -2.36. The van der Waals surface area contributed by atoms with Crippen LogP contribution < -0.4 is 0 Å². The van der Waals surface area contributed by atoms with Crippen molar-refractivity contribution in [2.24, 2.45) is 23.2 Å². The maximum absolute atomic E-state index is 9.61. The molecule has 0 bridgehead atoms. The first kappa shape index (κ1) is 13.0. The zero-order valence-electron chi connectivity index (χ0n) is 11.1. The quantitative estimate of drug-likeness (QED) is 0.753. The third-order valence-corrected chi connectivity index (χ3v) is 4.62. The molecular weight excluding hydrogens is 184 g/mol. The van der Waals surface area contributed by atoms with E-state index in [0.717, 1.165) is 11.8 Å². The highest BCUT2D eigenvalue weighted by molar-refractivity contribution is 4.87. The van der Waals surface area contributed by atoms with Crippen molar-refractivity contribution in [2.75, 3.05) is 0 Å². The van der Waals surface area contributed by atoms with Crippen LogP contribution in [0.2, 0.25) is 0 Å². The van der Waals surface area contributed by atoms with Gasteiger partial charge in [0.1, 0.15) is 0 Å². The molecule has 0 spiro atoms. The number of aliphatic hydroxyl groups is 1. The van der Waals surface area contributed by atoms with Crippen LogP contribution in [0.1, 0.15) is 60.3 Å². The molecule has 1 aliphatic carbocycles. The van der Waals surface area contributed by atoms with Gasteiger partial charge in [0.25, 0.3) is 0 Å². The van der Waals surface area contributed by atoms with Crippen molar-refractivity contribution >= 4 is 0 Å². The molecule has 15 heavy (non-hydrogen) atoms. The number of rotatable bonds is 3. The highest BCUT2D eigenvalue weighted by Crippen LogP contribution is 2.46. The Labute approximate surface area is 95.3 Å². The van der Waals surface area contributed by atoms with E-state index in [1.807, 2.05) is 6.92 Å². The summed E-state index contributed by atoms with van der Waals surface area (Å²) >= 11 is 0. The molecule has 1 fully saturated rings. The Morgan fingerprint density at radius 2 is 1.93 bits per heavy atom. The van der Waals surface area contributed by atoms with Crippen LogP contribution in [-0.4, -0.2) is 11.2 Å². The van der Waals surface area contributed by atoms with Gasteiger partial charge >= 0.3 is 0 Å². The molecule has 4 atom stereocenters. The summed E-state index contributed by atoms with van der Waals surface area (Å²) in [5.41, 5.74) is 0.473. The van der Waals surface area contributed by atoms with Gasteiger partial charge in [0.05, 0.1) is 6.10 Å². The fourth-order valence-corrected chi connectivity index (χ4v) is 3.19. The Morgan fingerprint density at radius 3 is 2.40 bits per heavy atom. The number of aliphatic hydroxyl groups excluding tert-OH is 1. The highest BCUT2D eigenvalue weighted by atomic mass is 16.3. The van der Waals surface area contributed by atoms with Crippen LogP contribution in [-0.2, 0) is 0 Å². The lowest BCUT2D eigenvalue weighted by molar-refractivity contribution is 0.0357. The molecule has 0 radical (unpaired) electrons. The predicted octanol–water partition coefficient (Wildman–Crippen LogP) is 3.86. The molecule has 1 rings (SSSR count). The van der Waals surface area contributed by atoms with Crippen LogP contribution in [0.5, 0.6) is 0 Å². The molecule has 90 valence electrons. The van der Waals surface area contributed by atoms with Crippen molar-refractivity contribution in [3.8, 4) is 0 Å².